The van der Waals surface area contributed by atoms with Crippen molar-refractivity contribution in [1.29, 1.82) is 0 Å². The molecule has 0 aromatic heterocycles. The summed E-state index contributed by atoms with van der Waals surface area (Å²) in [7, 11) is -6.00. The number of hydrogen-bond acceptors (Lipinski definition) is 4. The molecule has 150 valence electrons. The average molecular weight is 436 g/mol. The van der Waals surface area contributed by atoms with Gasteiger partial charge in [-0.05, 0) is 25.0 Å². The second kappa shape index (κ2) is 12.2. The van der Waals surface area contributed by atoms with Gasteiger partial charge in [0.1, 0.15) is 0 Å². The molecule has 0 bridgehead atoms. The van der Waals surface area contributed by atoms with Gasteiger partial charge in [0.2, 0.25) is 0 Å². The Hall–Kier alpha value is -2.32. The first kappa shape index (κ1) is 25.7. The summed E-state index contributed by atoms with van der Waals surface area (Å²) < 4.78 is 39.0. The molecule has 0 radical (unpaired) electrons. The van der Waals surface area contributed by atoms with E-state index < -0.39 is 7.25 Å². The summed E-state index contributed by atoms with van der Waals surface area (Å²) in [6.07, 6.45) is 3.16. The van der Waals surface area contributed by atoms with E-state index >= 15 is 0 Å². The van der Waals surface area contributed by atoms with Crippen molar-refractivity contribution in [3.8, 4) is 11.5 Å². The number of rotatable bonds is 5. The smallest absolute Gasteiger partial charge is 0.872 e. The molecule has 0 spiro atoms. The van der Waals surface area contributed by atoms with E-state index in [-0.39, 0.29) is 28.6 Å². The Bertz CT molecular complexity index is 747. The number of aryl methyl sites for hydroxylation is 2. The van der Waals surface area contributed by atoms with Crippen LogP contribution in [0.15, 0.2) is 46.4 Å². The zero-order chi connectivity index (χ0) is 20.4. The Kier molecular flexibility index (Phi) is 11.2. The Morgan fingerprint density at radius 1 is 0.786 bits per heavy atom. The van der Waals surface area contributed by atoms with E-state index in [2.05, 4.69) is 9.98 Å². The van der Waals surface area contributed by atoms with Gasteiger partial charge in [-0.3, -0.25) is 9.98 Å². The van der Waals surface area contributed by atoms with Crippen LogP contribution in [-0.4, -0.2) is 32.8 Å². The maximum atomic E-state index is 11.8. The maximum absolute atomic E-state index is 11.8. The molecule has 0 saturated heterocycles. The van der Waals surface area contributed by atoms with E-state index in [1.807, 2.05) is 12.1 Å². The molecule has 0 heterocycles. The SMILES string of the molecule is Cc1cccc(C=NCCN=Cc2cccc(C)c2[O-])c1[O-].F[B-](F)(F)F.[Mn+3]. The molecular formula is C18H18BF4MnN2O2. The van der Waals surface area contributed by atoms with E-state index in [9.17, 15) is 27.5 Å². The molecule has 4 nitrogen and oxygen atoms in total. The molecule has 0 aliphatic carbocycles. The topological polar surface area (TPSA) is 70.8 Å². The molecule has 0 unspecified atom stereocenters. The summed E-state index contributed by atoms with van der Waals surface area (Å²) >= 11 is 0. The van der Waals surface area contributed by atoms with Crippen molar-refractivity contribution in [2.45, 2.75) is 13.8 Å². The van der Waals surface area contributed by atoms with Gasteiger partial charge >= 0.3 is 24.3 Å². The largest absolute Gasteiger partial charge is 3.00 e. The van der Waals surface area contributed by atoms with Crippen LogP contribution in [-0.2, 0) is 17.1 Å². The van der Waals surface area contributed by atoms with Crippen molar-refractivity contribution in [2.75, 3.05) is 13.1 Å². The van der Waals surface area contributed by atoms with Crippen LogP contribution in [0.4, 0.5) is 17.3 Å². The first-order valence-corrected chi connectivity index (χ1v) is 8.00. The van der Waals surface area contributed by atoms with Crippen molar-refractivity contribution < 1.29 is 44.5 Å². The maximum Gasteiger partial charge on any atom is 3.00 e. The summed E-state index contributed by atoms with van der Waals surface area (Å²) in [5.74, 6) is 0.0102. The van der Waals surface area contributed by atoms with Crippen LogP contribution in [0, 0.1) is 13.8 Å². The van der Waals surface area contributed by atoms with Gasteiger partial charge in [-0.25, -0.2) is 0 Å². The monoisotopic (exact) mass is 436 g/mol. The van der Waals surface area contributed by atoms with Crippen molar-refractivity contribution in [2.24, 2.45) is 9.98 Å². The summed E-state index contributed by atoms with van der Waals surface area (Å²) in [6.45, 7) is 4.52. The Labute approximate surface area is 171 Å². The Balaban J connectivity index is 0.00000108. The third kappa shape index (κ3) is 10.1. The zero-order valence-electron chi connectivity index (χ0n) is 15.2. The van der Waals surface area contributed by atoms with Crippen LogP contribution in [0.25, 0.3) is 0 Å². The molecule has 2 rings (SSSR count). The third-order valence-electron chi connectivity index (χ3n) is 3.30. The minimum absolute atomic E-state index is 0. The fourth-order valence-electron chi connectivity index (χ4n) is 1.99. The van der Waals surface area contributed by atoms with E-state index in [0.29, 0.717) is 35.3 Å². The first-order valence-electron chi connectivity index (χ1n) is 8.00. The quantitative estimate of drug-likeness (QED) is 0.313. The van der Waals surface area contributed by atoms with Crippen LogP contribution < -0.4 is 10.2 Å². The minimum Gasteiger partial charge on any atom is -0.872 e. The predicted octanol–water partition coefficient (Wildman–Crippen LogP) is 3.29. The molecule has 28 heavy (non-hydrogen) atoms. The fraction of sp³-hybridized carbons (Fsp3) is 0.222. The molecule has 0 N–H and O–H groups in total. The van der Waals surface area contributed by atoms with E-state index in [1.54, 1.807) is 50.5 Å². The molecule has 10 heteroatoms. The van der Waals surface area contributed by atoms with Crippen molar-refractivity contribution >= 4 is 19.7 Å². The van der Waals surface area contributed by atoms with Crippen LogP contribution in [0.2, 0.25) is 0 Å². The second-order valence-electron chi connectivity index (χ2n) is 5.55. The average Bonchev–Trinajstić information content (AvgIpc) is 2.56. The third-order valence-corrected chi connectivity index (χ3v) is 3.30. The number of nitrogens with zero attached hydrogens (tertiary/aromatic N) is 2. The van der Waals surface area contributed by atoms with Gasteiger partial charge in [0.05, 0.1) is 13.1 Å². The summed E-state index contributed by atoms with van der Waals surface area (Å²) in [5, 5.41) is 23.6. The van der Waals surface area contributed by atoms with E-state index in [1.165, 1.54) is 0 Å². The molecule has 0 saturated carbocycles. The summed E-state index contributed by atoms with van der Waals surface area (Å²) in [4.78, 5) is 8.40. The number of aliphatic imine (C=N–C) groups is 2. The Morgan fingerprint density at radius 2 is 1.11 bits per heavy atom. The Morgan fingerprint density at radius 3 is 1.43 bits per heavy atom. The minimum atomic E-state index is -6.00. The fourth-order valence-corrected chi connectivity index (χ4v) is 1.99. The van der Waals surface area contributed by atoms with Gasteiger partial charge < -0.3 is 27.5 Å². The van der Waals surface area contributed by atoms with Crippen LogP contribution in [0.3, 0.4) is 0 Å². The molecule has 2 aromatic rings. The molecule has 0 amide bonds. The predicted molar refractivity (Wildman–Crippen MR) is 96.4 cm³/mol. The van der Waals surface area contributed by atoms with Crippen LogP contribution >= 0.6 is 0 Å². The number of benzene rings is 2. The molecule has 0 aliphatic heterocycles. The van der Waals surface area contributed by atoms with Crippen LogP contribution in [0.1, 0.15) is 22.3 Å². The normalized spacial score (nSPS) is 11.2. The molecular weight excluding hydrogens is 418 g/mol. The number of hydrogen-bond donors (Lipinski definition) is 0. The van der Waals surface area contributed by atoms with Crippen molar-refractivity contribution in [3.05, 3.63) is 58.7 Å². The van der Waals surface area contributed by atoms with Gasteiger partial charge in [0.15, 0.2) is 0 Å². The van der Waals surface area contributed by atoms with E-state index in [4.69, 9.17) is 0 Å². The zero-order valence-corrected chi connectivity index (χ0v) is 16.4. The molecule has 0 atom stereocenters. The van der Waals surface area contributed by atoms with Crippen molar-refractivity contribution in [3.63, 3.8) is 0 Å². The van der Waals surface area contributed by atoms with Gasteiger partial charge in [-0.2, -0.15) is 0 Å². The summed E-state index contributed by atoms with van der Waals surface area (Å²) in [6, 6.07) is 10.7. The van der Waals surface area contributed by atoms with Gasteiger partial charge in [-0.1, -0.05) is 59.0 Å². The van der Waals surface area contributed by atoms with Gasteiger partial charge in [0.25, 0.3) is 0 Å². The first-order chi connectivity index (χ1) is 12.6. The standard InChI is InChI=1S/C18H20N2O2.BF4.Mn/c1-13-5-3-7-15(17(13)21)11-19-9-10-20-12-16-8-4-6-14(2)18(16)22;2-1(3,4)5;/h3-8,11-12,21-22H,9-10H2,1-2H3;;/q;-1;+3/p-2. The number of para-hydroxylation sites is 2. The summed E-state index contributed by atoms with van der Waals surface area (Å²) in [5.41, 5.74) is 2.60. The van der Waals surface area contributed by atoms with Gasteiger partial charge in [0, 0.05) is 12.4 Å². The van der Waals surface area contributed by atoms with E-state index in [0.717, 1.165) is 0 Å². The second-order valence-corrected chi connectivity index (χ2v) is 5.55. The molecule has 0 aliphatic rings. The van der Waals surface area contributed by atoms with Crippen molar-refractivity contribution in [1.82, 2.24) is 0 Å². The number of halogens is 4. The molecule has 0 fully saturated rings. The van der Waals surface area contributed by atoms with Gasteiger partial charge in [-0.15, -0.1) is 0 Å². The van der Waals surface area contributed by atoms with Crippen LogP contribution in [0.5, 0.6) is 11.5 Å². The molecule has 2 aromatic carbocycles.